The van der Waals surface area contributed by atoms with Gasteiger partial charge in [-0.3, -0.25) is 4.79 Å². The molecule has 0 aliphatic rings. The molecule has 0 aromatic heterocycles. The van der Waals surface area contributed by atoms with E-state index in [-0.39, 0.29) is 0 Å². The molecule has 1 aromatic rings. The molecule has 3 nitrogen and oxygen atoms in total. The van der Waals surface area contributed by atoms with Crippen LogP contribution in [0.1, 0.15) is 12.0 Å². The van der Waals surface area contributed by atoms with Crippen LogP contribution >= 0.6 is 0 Å². The minimum atomic E-state index is 0.585. The molecule has 0 heterocycles. The van der Waals surface area contributed by atoms with E-state index in [1.807, 2.05) is 33.2 Å². The van der Waals surface area contributed by atoms with Crippen molar-refractivity contribution in [3.05, 3.63) is 35.9 Å². The average molecular weight is 233 g/mol. The van der Waals surface area contributed by atoms with Crippen LogP contribution in [0, 0.1) is 6.92 Å². The van der Waals surface area contributed by atoms with Crippen LogP contribution in [0.15, 0.2) is 30.4 Å². The molecular weight excluding hydrogens is 214 g/mol. The van der Waals surface area contributed by atoms with E-state index in [4.69, 9.17) is 4.74 Å². The molecule has 0 aliphatic carbocycles. The predicted molar refractivity (Wildman–Crippen MR) is 70.8 cm³/mol. The number of nitrogens with zero attached hydrogens (tertiary/aromatic N) is 1. The summed E-state index contributed by atoms with van der Waals surface area (Å²) in [5.41, 5.74) is 2.29. The summed E-state index contributed by atoms with van der Waals surface area (Å²) in [6.45, 7) is 2.63. The molecule has 0 saturated heterocycles. The fourth-order valence-corrected chi connectivity index (χ4v) is 1.63. The lowest BCUT2D eigenvalue weighted by molar-refractivity contribution is -0.104. The lowest BCUT2D eigenvalue weighted by Gasteiger charge is -2.18. The largest absolute Gasteiger partial charge is 0.493 e. The maximum absolute atomic E-state index is 10.1. The Labute approximate surface area is 103 Å². The zero-order valence-corrected chi connectivity index (χ0v) is 10.6. The summed E-state index contributed by atoms with van der Waals surface area (Å²) in [4.78, 5) is 12.1. The topological polar surface area (TPSA) is 29.5 Å². The predicted octanol–water partition coefficient (Wildman–Crippen LogP) is 2.59. The van der Waals surface area contributed by atoms with Crippen LogP contribution in [0.3, 0.4) is 0 Å². The van der Waals surface area contributed by atoms with Crippen LogP contribution < -0.4 is 9.64 Å². The van der Waals surface area contributed by atoms with Gasteiger partial charge in [0, 0.05) is 25.3 Å². The van der Waals surface area contributed by atoms with E-state index >= 15 is 0 Å². The normalized spacial score (nSPS) is 10.5. The molecular formula is C14H19NO2. The van der Waals surface area contributed by atoms with Gasteiger partial charge in [-0.2, -0.15) is 0 Å². The van der Waals surface area contributed by atoms with Gasteiger partial charge in [0.05, 0.1) is 6.61 Å². The van der Waals surface area contributed by atoms with Crippen LogP contribution in [-0.4, -0.2) is 27.0 Å². The smallest absolute Gasteiger partial charge is 0.142 e. The quantitative estimate of drug-likeness (QED) is 0.429. The number of benzene rings is 1. The Morgan fingerprint density at radius 3 is 2.76 bits per heavy atom. The third kappa shape index (κ3) is 3.94. The van der Waals surface area contributed by atoms with E-state index in [0.29, 0.717) is 6.61 Å². The van der Waals surface area contributed by atoms with E-state index < -0.39 is 0 Å². The highest BCUT2D eigenvalue weighted by molar-refractivity contribution is 5.64. The number of hydrogen-bond donors (Lipinski definition) is 0. The number of carbonyl (C=O) groups is 1. The molecule has 0 bridgehead atoms. The molecule has 3 heteroatoms. The lowest BCUT2D eigenvalue weighted by Crippen LogP contribution is -2.11. The summed E-state index contributed by atoms with van der Waals surface area (Å²) in [5, 5.41) is 0. The summed E-state index contributed by atoms with van der Waals surface area (Å²) < 4.78 is 5.68. The Morgan fingerprint density at radius 2 is 2.12 bits per heavy atom. The number of allylic oxidation sites excluding steroid dienone is 1. The molecule has 1 aromatic carbocycles. The Kier molecular flexibility index (Phi) is 5.27. The molecule has 0 aliphatic heterocycles. The van der Waals surface area contributed by atoms with E-state index in [9.17, 15) is 4.79 Å². The minimum Gasteiger partial charge on any atom is -0.493 e. The molecule has 0 atom stereocenters. The Balaban J connectivity index is 2.62. The van der Waals surface area contributed by atoms with Crippen molar-refractivity contribution in [2.75, 3.05) is 25.6 Å². The zero-order chi connectivity index (χ0) is 12.7. The van der Waals surface area contributed by atoms with Crippen molar-refractivity contribution in [2.24, 2.45) is 0 Å². The highest BCUT2D eigenvalue weighted by atomic mass is 16.5. The molecule has 92 valence electrons. The van der Waals surface area contributed by atoms with Crippen molar-refractivity contribution in [3.8, 4) is 5.75 Å². The summed E-state index contributed by atoms with van der Waals surface area (Å²) in [6.07, 6.45) is 4.81. The first-order valence-corrected chi connectivity index (χ1v) is 5.67. The van der Waals surface area contributed by atoms with Crippen molar-refractivity contribution in [2.45, 2.75) is 13.3 Å². The van der Waals surface area contributed by atoms with E-state index in [1.54, 1.807) is 6.08 Å². The third-order valence-electron chi connectivity index (χ3n) is 2.49. The van der Waals surface area contributed by atoms with Crippen LogP contribution in [0.25, 0.3) is 0 Å². The number of hydrogen-bond acceptors (Lipinski definition) is 3. The first kappa shape index (κ1) is 13.3. The summed E-state index contributed by atoms with van der Waals surface area (Å²) in [5.74, 6) is 0.899. The monoisotopic (exact) mass is 233 g/mol. The molecule has 0 fully saturated rings. The van der Waals surface area contributed by atoms with Crippen molar-refractivity contribution in [1.29, 1.82) is 0 Å². The standard InChI is InChI=1S/C14H19NO2/c1-12-13(15(2)3)8-7-9-14(12)17-11-6-4-5-10-16/h4-5,7-10H,6,11H2,1-3H3/b5-4+. The van der Waals surface area contributed by atoms with Crippen molar-refractivity contribution < 1.29 is 9.53 Å². The van der Waals surface area contributed by atoms with E-state index in [2.05, 4.69) is 11.0 Å². The van der Waals surface area contributed by atoms with Gasteiger partial charge in [0.1, 0.15) is 12.0 Å². The van der Waals surface area contributed by atoms with Gasteiger partial charge in [0.25, 0.3) is 0 Å². The van der Waals surface area contributed by atoms with E-state index in [0.717, 1.165) is 29.7 Å². The van der Waals surface area contributed by atoms with Crippen molar-refractivity contribution >= 4 is 12.0 Å². The van der Waals surface area contributed by atoms with E-state index in [1.165, 1.54) is 6.08 Å². The fourth-order valence-electron chi connectivity index (χ4n) is 1.63. The molecule has 0 saturated carbocycles. The molecule has 0 radical (unpaired) electrons. The highest BCUT2D eigenvalue weighted by Gasteiger charge is 2.05. The summed E-state index contributed by atoms with van der Waals surface area (Å²) in [7, 11) is 4.03. The number of rotatable bonds is 6. The molecule has 0 amide bonds. The number of carbonyl (C=O) groups excluding carboxylic acids is 1. The summed E-state index contributed by atoms with van der Waals surface area (Å²) in [6, 6.07) is 6.01. The van der Waals surface area contributed by atoms with Crippen LogP contribution in [0.2, 0.25) is 0 Å². The number of anilines is 1. The van der Waals surface area contributed by atoms with Gasteiger partial charge in [-0.05, 0) is 31.6 Å². The van der Waals surface area contributed by atoms with Gasteiger partial charge in [-0.1, -0.05) is 12.1 Å². The first-order chi connectivity index (χ1) is 8.16. The first-order valence-electron chi connectivity index (χ1n) is 5.67. The van der Waals surface area contributed by atoms with Gasteiger partial charge in [0.2, 0.25) is 0 Å². The molecule has 0 unspecified atom stereocenters. The molecule has 17 heavy (non-hydrogen) atoms. The van der Waals surface area contributed by atoms with Gasteiger partial charge in [0.15, 0.2) is 0 Å². The third-order valence-corrected chi connectivity index (χ3v) is 2.49. The highest BCUT2D eigenvalue weighted by Crippen LogP contribution is 2.27. The molecule has 0 spiro atoms. The minimum absolute atomic E-state index is 0.585. The van der Waals surface area contributed by atoms with Crippen LogP contribution in [0.4, 0.5) is 5.69 Å². The average Bonchev–Trinajstić information content (AvgIpc) is 2.30. The number of ether oxygens (including phenoxy) is 1. The van der Waals surface area contributed by atoms with Crippen molar-refractivity contribution in [3.63, 3.8) is 0 Å². The zero-order valence-electron chi connectivity index (χ0n) is 10.6. The molecule has 0 N–H and O–H groups in total. The fraction of sp³-hybridized carbons (Fsp3) is 0.357. The van der Waals surface area contributed by atoms with Gasteiger partial charge in [-0.15, -0.1) is 0 Å². The second kappa shape index (κ2) is 6.74. The van der Waals surface area contributed by atoms with Gasteiger partial charge in [-0.25, -0.2) is 0 Å². The number of aldehydes is 1. The van der Waals surface area contributed by atoms with Gasteiger partial charge < -0.3 is 9.64 Å². The lowest BCUT2D eigenvalue weighted by atomic mass is 10.1. The van der Waals surface area contributed by atoms with Gasteiger partial charge >= 0.3 is 0 Å². The van der Waals surface area contributed by atoms with Crippen LogP contribution in [-0.2, 0) is 4.79 Å². The second-order valence-corrected chi connectivity index (χ2v) is 4.00. The Hall–Kier alpha value is -1.77. The maximum Gasteiger partial charge on any atom is 0.142 e. The molecule has 1 rings (SSSR count). The second-order valence-electron chi connectivity index (χ2n) is 4.00. The summed E-state index contributed by atoms with van der Waals surface area (Å²) >= 11 is 0. The SMILES string of the molecule is Cc1c(OCC/C=C/C=O)cccc1N(C)C. The van der Waals surface area contributed by atoms with Crippen molar-refractivity contribution in [1.82, 2.24) is 0 Å². The van der Waals surface area contributed by atoms with Crippen LogP contribution in [0.5, 0.6) is 5.75 Å². The Bertz CT molecular complexity index is 397. The Morgan fingerprint density at radius 1 is 1.35 bits per heavy atom. The maximum atomic E-state index is 10.1.